The maximum atomic E-state index is 11.8. The van der Waals surface area contributed by atoms with Crippen LogP contribution in [-0.2, 0) is 14.3 Å². The first-order valence-corrected chi connectivity index (χ1v) is 5.75. The first kappa shape index (κ1) is 12.7. The summed E-state index contributed by atoms with van der Waals surface area (Å²) < 4.78 is 9.86. The Morgan fingerprint density at radius 1 is 1.39 bits per heavy atom. The van der Waals surface area contributed by atoms with Crippen LogP contribution in [0.25, 0.3) is 0 Å². The number of amides is 1. The van der Waals surface area contributed by atoms with Gasteiger partial charge in [0.25, 0.3) is 0 Å². The van der Waals surface area contributed by atoms with Crippen molar-refractivity contribution in [2.45, 2.75) is 6.92 Å². The van der Waals surface area contributed by atoms with Gasteiger partial charge in [-0.2, -0.15) is 0 Å². The first-order chi connectivity index (χ1) is 8.54. The van der Waals surface area contributed by atoms with Crippen molar-refractivity contribution in [3.8, 4) is 5.75 Å². The van der Waals surface area contributed by atoms with E-state index in [9.17, 15) is 9.59 Å². The summed E-state index contributed by atoms with van der Waals surface area (Å²) in [6.07, 6.45) is 0. The number of morpholine rings is 1. The van der Waals surface area contributed by atoms with Gasteiger partial charge in [-0.1, -0.05) is 11.6 Å². The van der Waals surface area contributed by atoms with Crippen LogP contribution in [0.5, 0.6) is 5.75 Å². The van der Waals surface area contributed by atoms with E-state index in [1.165, 1.54) is 12.0 Å². The highest BCUT2D eigenvalue weighted by Gasteiger charge is 2.31. The topological polar surface area (TPSA) is 55.8 Å². The van der Waals surface area contributed by atoms with Crippen LogP contribution in [-0.4, -0.2) is 32.1 Å². The summed E-state index contributed by atoms with van der Waals surface area (Å²) in [5.74, 6) is -1.09. The van der Waals surface area contributed by atoms with Crippen LogP contribution < -0.4 is 9.64 Å². The molecule has 1 fully saturated rings. The van der Waals surface area contributed by atoms with Crippen molar-refractivity contribution >= 4 is 29.2 Å². The first-order valence-electron chi connectivity index (χ1n) is 5.37. The van der Waals surface area contributed by atoms with Crippen LogP contribution in [0, 0.1) is 6.92 Å². The zero-order valence-electron chi connectivity index (χ0n) is 10.0. The van der Waals surface area contributed by atoms with Gasteiger partial charge in [0.2, 0.25) is 0 Å². The van der Waals surface area contributed by atoms with Crippen molar-refractivity contribution in [1.29, 1.82) is 0 Å². The molecule has 0 saturated carbocycles. The highest BCUT2D eigenvalue weighted by molar-refractivity contribution is 6.39. The Bertz CT molecular complexity index is 515. The molecule has 1 saturated heterocycles. The molecule has 96 valence electrons. The lowest BCUT2D eigenvalue weighted by atomic mass is 10.1. The second kappa shape index (κ2) is 4.86. The molecular weight excluding hydrogens is 258 g/mol. The summed E-state index contributed by atoms with van der Waals surface area (Å²) in [5.41, 5.74) is 1.33. The van der Waals surface area contributed by atoms with Gasteiger partial charge < -0.3 is 9.47 Å². The van der Waals surface area contributed by atoms with Gasteiger partial charge in [0.15, 0.2) is 0 Å². The minimum atomic E-state index is -0.851. The van der Waals surface area contributed by atoms with E-state index >= 15 is 0 Å². The quantitative estimate of drug-likeness (QED) is 0.604. The maximum Gasteiger partial charge on any atom is 0.397 e. The second-order valence-corrected chi connectivity index (χ2v) is 4.27. The summed E-state index contributed by atoms with van der Waals surface area (Å²) in [4.78, 5) is 24.3. The fourth-order valence-corrected chi connectivity index (χ4v) is 1.91. The van der Waals surface area contributed by atoms with Crippen LogP contribution in [0.2, 0.25) is 5.02 Å². The Balaban J connectivity index is 2.46. The lowest BCUT2D eigenvalue weighted by Gasteiger charge is -2.27. The fourth-order valence-electron chi connectivity index (χ4n) is 1.76. The van der Waals surface area contributed by atoms with E-state index in [1.54, 1.807) is 12.1 Å². The molecule has 1 aliphatic rings. The van der Waals surface area contributed by atoms with Gasteiger partial charge in [-0.3, -0.25) is 9.69 Å². The predicted molar refractivity (Wildman–Crippen MR) is 66.1 cm³/mol. The highest BCUT2D eigenvalue weighted by Crippen LogP contribution is 2.34. The van der Waals surface area contributed by atoms with Crippen LogP contribution in [0.4, 0.5) is 5.69 Å². The SMILES string of the molecule is COc1cc(Cl)c(C)cc1N1CCOC(=O)C1=O. The molecule has 0 radical (unpaired) electrons. The van der Waals surface area contributed by atoms with Crippen molar-refractivity contribution in [3.63, 3.8) is 0 Å². The molecule has 2 rings (SSSR count). The lowest BCUT2D eigenvalue weighted by Crippen LogP contribution is -2.45. The third-order valence-electron chi connectivity index (χ3n) is 2.72. The number of anilines is 1. The monoisotopic (exact) mass is 269 g/mol. The Morgan fingerprint density at radius 3 is 2.78 bits per heavy atom. The molecule has 0 spiro atoms. The Labute approximate surface area is 109 Å². The van der Waals surface area contributed by atoms with Crippen molar-refractivity contribution in [2.75, 3.05) is 25.2 Å². The number of methoxy groups -OCH3 is 1. The molecule has 0 aliphatic carbocycles. The minimum Gasteiger partial charge on any atom is -0.495 e. The number of ether oxygens (including phenoxy) is 2. The number of aryl methyl sites for hydroxylation is 1. The van der Waals surface area contributed by atoms with Gasteiger partial charge in [-0.15, -0.1) is 0 Å². The number of rotatable bonds is 2. The number of nitrogens with zero attached hydrogens (tertiary/aromatic N) is 1. The van der Waals surface area contributed by atoms with Crippen molar-refractivity contribution < 1.29 is 19.1 Å². The summed E-state index contributed by atoms with van der Waals surface area (Å²) in [6, 6.07) is 3.34. The van der Waals surface area contributed by atoms with Gasteiger partial charge >= 0.3 is 11.9 Å². The molecule has 0 bridgehead atoms. The minimum absolute atomic E-state index is 0.176. The zero-order chi connectivity index (χ0) is 13.3. The third kappa shape index (κ3) is 2.13. The lowest BCUT2D eigenvalue weighted by molar-refractivity contribution is -0.156. The smallest absolute Gasteiger partial charge is 0.397 e. The van der Waals surface area contributed by atoms with E-state index in [1.807, 2.05) is 6.92 Å². The number of hydrogen-bond donors (Lipinski definition) is 0. The molecular formula is C12H12ClNO4. The number of esters is 1. The molecule has 5 nitrogen and oxygen atoms in total. The molecule has 6 heteroatoms. The van der Waals surface area contributed by atoms with Crippen molar-refractivity contribution in [2.24, 2.45) is 0 Å². The third-order valence-corrected chi connectivity index (χ3v) is 3.13. The van der Waals surface area contributed by atoms with Crippen molar-refractivity contribution in [1.82, 2.24) is 0 Å². The molecule has 0 aromatic heterocycles. The molecule has 18 heavy (non-hydrogen) atoms. The van der Waals surface area contributed by atoms with E-state index in [0.29, 0.717) is 23.0 Å². The number of halogens is 1. The largest absolute Gasteiger partial charge is 0.495 e. The number of carbonyl (C=O) groups is 2. The molecule has 1 aliphatic heterocycles. The predicted octanol–water partition coefficient (Wildman–Crippen LogP) is 1.55. The van der Waals surface area contributed by atoms with Gasteiger partial charge in [-0.05, 0) is 18.6 Å². The van der Waals surface area contributed by atoms with E-state index in [-0.39, 0.29) is 6.61 Å². The van der Waals surface area contributed by atoms with Gasteiger partial charge in [-0.25, -0.2) is 4.79 Å². The second-order valence-electron chi connectivity index (χ2n) is 3.87. The number of benzene rings is 1. The molecule has 1 heterocycles. The Kier molecular flexibility index (Phi) is 3.43. The van der Waals surface area contributed by atoms with Crippen LogP contribution in [0.3, 0.4) is 0 Å². The summed E-state index contributed by atoms with van der Waals surface area (Å²) >= 11 is 5.99. The van der Waals surface area contributed by atoms with Gasteiger partial charge in [0.1, 0.15) is 12.4 Å². The average Bonchev–Trinajstić information content (AvgIpc) is 2.36. The molecule has 0 atom stereocenters. The highest BCUT2D eigenvalue weighted by atomic mass is 35.5. The molecule has 1 aromatic rings. The molecule has 1 aromatic carbocycles. The van der Waals surface area contributed by atoms with Crippen LogP contribution in [0.15, 0.2) is 12.1 Å². The number of carbonyl (C=O) groups excluding carboxylic acids is 2. The molecule has 0 unspecified atom stereocenters. The zero-order valence-corrected chi connectivity index (χ0v) is 10.8. The normalized spacial score (nSPS) is 15.6. The Morgan fingerprint density at radius 2 is 2.11 bits per heavy atom. The number of cyclic esters (lactones) is 1. The summed E-state index contributed by atoms with van der Waals surface area (Å²) in [6.45, 7) is 2.30. The summed E-state index contributed by atoms with van der Waals surface area (Å²) in [7, 11) is 1.48. The van der Waals surface area contributed by atoms with E-state index in [4.69, 9.17) is 16.3 Å². The van der Waals surface area contributed by atoms with Gasteiger partial charge in [0, 0.05) is 11.1 Å². The number of hydrogen-bond acceptors (Lipinski definition) is 4. The van der Waals surface area contributed by atoms with E-state index in [0.717, 1.165) is 5.56 Å². The van der Waals surface area contributed by atoms with E-state index in [2.05, 4.69) is 4.74 Å². The Hall–Kier alpha value is -1.75. The van der Waals surface area contributed by atoms with Crippen LogP contribution in [0.1, 0.15) is 5.56 Å². The molecule has 1 amide bonds. The van der Waals surface area contributed by atoms with Crippen molar-refractivity contribution in [3.05, 3.63) is 22.7 Å². The molecule has 0 N–H and O–H groups in total. The maximum absolute atomic E-state index is 11.8. The average molecular weight is 270 g/mol. The standard InChI is InChI=1S/C12H12ClNO4/c1-7-5-9(10(17-2)6-8(7)13)14-3-4-18-12(16)11(14)15/h5-6H,3-4H2,1-2H3. The van der Waals surface area contributed by atoms with Gasteiger partial charge in [0.05, 0.1) is 19.3 Å². The van der Waals surface area contributed by atoms with E-state index < -0.39 is 11.9 Å². The fraction of sp³-hybridized carbons (Fsp3) is 0.333. The van der Waals surface area contributed by atoms with Crippen LogP contribution >= 0.6 is 11.6 Å². The summed E-state index contributed by atoms with van der Waals surface area (Å²) in [5, 5.41) is 0.544.